The summed E-state index contributed by atoms with van der Waals surface area (Å²) in [7, 11) is 0. The lowest BCUT2D eigenvalue weighted by atomic mass is 10.2. The summed E-state index contributed by atoms with van der Waals surface area (Å²) >= 11 is 0. The molecule has 0 aliphatic heterocycles. The molecule has 0 saturated heterocycles. The van der Waals surface area contributed by atoms with Gasteiger partial charge >= 0.3 is 12.2 Å². The predicted molar refractivity (Wildman–Crippen MR) is 98.6 cm³/mol. The molecule has 1 aliphatic carbocycles. The molecule has 7 nitrogen and oxygen atoms in total. The number of pyridine rings is 1. The number of carbonyl (C=O) groups is 2. The highest BCUT2D eigenvalue weighted by Gasteiger charge is 2.29. The first-order valence-corrected chi connectivity index (χ1v) is 8.89. The Morgan fingerprint density at radius 3 is 2.69 bits per heavy atom. The number of rotatable bonds is 7. The van der Waals surface area contributed by atoms with E-state index in [1.807, 2.05) is 0 Å². The Hall–Kier alpha value is -3.30. The Kier molecular flexibility index (Phi) is 6.20. The third-order valence-corrected chi connectivity index (χ3v) is 3.96. The zero-order valence-electron chi connectivity index (χ0n) is 15.3. The molecule has 0 unspecified atom stereocenters. The van der Waals surface area contributed by atoms with Crippen LogP contribution in [0.25, 0.3) is 0 Å². The fraction of sp³-hybridized carbons (Fsp3) is 0.316. The lowest BCUT2D eigenvalue weighted by Crippen LogP contribution is -2.30. The quantitative estimate of drug-likeness (QED) is 0.656. The van der Waals surface area contributed by atoms with Crippen molar-refractivity contribution in [1.82, 2.24) is 15.6 Å². The van der Waals surface area contributed by atoms with E-state index in [2.05, 4.69) is 20.9 Å². The van der Waals surface area contributed by atoms with Crippen LogP contribution in [0.2, 0.25) is 0 Å². The maximum Gasteiger partial charge on any atom is 0.422 e. The van der Waals surface area contributed by atoms with Crippen molar-refractivity contribution in [3.63, 3.8) is 0 Å². The molecule has 0 atom stereocenters. The van der Waals surface area contributed by atoms with Crippen LogP contribution in [0.15, 0.2) is 42.6 Å². The maximum absolute atomic E-state index is 12.4. The summed E-state index contributed by atoms with van der Waals surface area (Å²) in [5.41, 5.74) is 1.05. The van der Waals surface area contributed by atoms with Crippen molar-refractivity contribution in [2.45, 2.75) is 31.6 Å². The van der Waals surface area contributed by atoms with Crippen molar-refractivity contribution >= 4 is 17.6 Å². The average molecular weight is 408 g/mol. The first-order valence-electron chi connectivity index (χ1n) is 8.89. The second kappa shape index (κ2) is 8.80. The summed E-state index contributed by atoms with van der Waals surface area (Å²) in [5.74, 6) is -0.654. The predicted octanol–water partition coefficient (Wildman–Crippen LogP) is 3.24. The number of carbonyl (C=O) groups excluding carboxylic acids is 2. The van der Waals surface area contributed by atoms with Gasteiger partial charge in [-0.05, 0) is 37.1 Å². The third-order valence-electron chi connectivity index (χ3n) is 3.96. The second-order valence-electron chi connectivity index (χ2n) is 6.51. The number of alkyl halides is 3. The Bertz CT molecular complexity index is 885. The molecule has 3 amide bonds. The number of nitrogens with one attached hydrogen (secondary N) is 3. The van der Waals surface area contributed by atoms with Crippen molar-refractivity contribution in [2.75, 3.05) is 11.9 Å². The van der Waals surface area contributed by atoms with Gasteiger partial charge in [0.2, 0.25) is 5.88 Å². The van der Waals surface area contributed by atoms with Crippen molar-refractivity contribution in [1.29, 1.82) is 0 Å². The Morgan fingerprint density at radius 2 is 1.97 bits per heavy atom. The maximum atomic E-state index is 12.4. The molecule has 1 saturated carbocycles. The summed E-state index contributed by atoms with van der Waals surface area (Å²) in [6, 6.07) is 9.23. The fourth-order valence-electron chi connectivity index (χ4n) is 2.43. The van der Waals surface area contributed by atoms with Gasteiger partial charge in [-0.15, -0.1) is 0 Å². The zero-order chi connectivity index (χ0) is 20.9. The van der Waals surface area contributed by atoms with Gasteiger partial charge in [0.25, 0.3) is 5.91 Å². The van der Waals surface area contributed by atoms with E-state index in [1.165, 1.54) is 24.4 Å². The summed E-state index contributed by atoms with van der Waals surface area (Å²) in [4.78, 5) is 28.0. The Labute approximate surface area is 164 Å². The van der Waals surface area contributed by atoms with E-state index in [0.29, 0.717) is 11.3 Å². The average Bonchev–Trinajstić information content (AvgIpc) is 3.48. The van der Waals surface area contributed by atoms with E-state index in [9.17, 15) is 22.8 Å². The molecular formula is C19H19F3N4O3. The molecule has 1 fully saturated rings. The minimum Gasteiger partial charge on any atom is -0.468 e. The molecule has 3 N–H and O–H groups in total. The van der Waals surface area contributed by atoms with E-state index >= 15 is 0 Å². The zero-order valence-corrected chi connectivity index (χ0v) is 15.3. The summed E-state index contributed by atoms with van der Waals surface area (Å²) < 4.78 is 41.8. The van der Waals surface area contributed by atoms with Crippen LogP contribution in [0.1, 0.15) is 28.8 Å². The molecule has 0 spiro atoms. The number of hydrogen-bond donors (Lipinski definition) is 3. The molecule has 1 aliphatic rings. The summed E-state index contributed by atoms with van der Waals surface area (Å²) in [6.07, 6.45) is -1.27. The lowest BCUT2D eigenvalue weighted by molar-refractivity contribution is -0.154. The van der Waals surface area contributed by atoms with Crippen LogP contribution < -0.4 is 20.7 Å². The molecule has 3 rings (SSSR count). The topological polar surface area (TPSA) is 92.4 Å². The minimum atomic E-state index is -4.49. The number of anilines is 1. The number of benzene rings is 1. The smallest absolute Gasteiger partial charge is 0.422 e. The highest BCUT2D eigenvalue weighted by atomic mass is 19.4. The van der Waals surface area contributed by atoms with Gasteiger partial charge in [0.1, 0.15) is 0 Å². The number of hydrogen-bond acceptors (Lipinski definition) is 4. The highest BCUT2D eigenvalue weighted by molar-refractivity contribution is 5.96. The van der Waals surface area contributed by atoms with Gasteiger partial charge in [0.15, 0.2) is 6.61 Å². The molecule has 154 valence electrons. The monoisotopic (exact) mass is 408 g/mol. The van der Waals surface area contributed by atoms with Crippen LogP contribution in [-0.4, -0.2) is 35.7 Å². The molecule has 0 radical (unpaired) electrons. The highest BCUT2D eigenvalue weighted by Crippen LogP contribution is 2.21. The minimum absolute atomic E-state index is 0.0698. The van der Waals surface area contributed by atoms with Crippen LogP contribution in [0.4, 0.5) is 23.7 Å². The van der Waals surface area contributed by atoms with Gasteiger partial charge in [-0.2, -0.15) is 13.2 Å². The standard InChI is InChI=1S/C19H19F3N4O3/c20-19(21,22)11-29-17-13(4-2-8-23-17)10-24-16(27)12-3-1-5-15(9-12)26-18(28)25-14-6-7-14/h1-5,8-9,14H,6-7,10-11H2,(H,24,27)(H2,25,26,28). The van der Waals surface area contributed by atoms with Crippen molar-refractivity contribution in [3.8, 4) is 5.88 Å². The van der Waals surface area contributed by atoms with E-state index < -0.39 is 18.7 Å². The molecule has 10 heteroatoms. The Balaban J connectivity index is 1.58. The van der Waals surface area contributed by atoms with Gasteiger partial charge < -0.3 is 20.7 Å². The van der Waals surface area contributed by atoms with Crippen LogP contribution >= 0.6 is 0 Å². The van der Waals surface area contributed by atoms with Crippen molar-refractivity contribution < 1.29 is 27.5 Å². The van der Waals surface area contributed by atoms with Gasteiger partial charge in [-0.1, -0.05) is 12.1 Å². The first kappa shape index (κ1) is 20.4. The van der Waals surface area contributed by atoms with Crippen LogP contribution in [-0.2, 0) is 6.54 Å². The normalized spacial score (nSPS) is 13.5. The first-order chi connectivity index (χ1) is 13.8. The number of nitrogens with zero attached hydrogens (tertiary/aromatic N) is 1. The molecule has 1 aromatic carbocycles. The number of halogens is 3. The number of urea groups is 1. The lowest BCUT2D eigenvalue weighted by Gasteiger charge is -2.13. The molecule has 1 aromatic heterocycles. The van der Waals surface area contributed by atoms with Crippen LogP contribution in [0.3, 0.4) is 0 Å². The molecule has 29 heavy (non-hydrogen) atoms. The van der Waals surface area contributed by atoms with Crippen molar-refractivity contribution in [3.05, 3.63) is 53.7 Å². The van der Waals surface area contributed by atoms with Gasteiger partial charge in [0, 0.05) is 35.6 Å². The van der Waals surface area contributed by atoms with Crippen molar-refractivity contribution in [2.24, 2.45) is 0 Å². The Morgan fingerprint density at radius 1 is 1.17 bits per heavy atom. The summed E-state index contributed by atoms with van der Waals surface area (Å²) in [6.45, 7) is -1.54. The van der Waals surface area contributed by atoms with E-state index in [-0.39, 0.29) is 30.1 Å². The molecule has 1 heterocycles. The van der Waals surface area contributed by atoms with Gasteiger partial charge in [-0.3, -0.25) is 4.79 Å². The largest absolute Gasteiger partial charge is 0.468 e. The third kappa shape index (κ3) is 6.66. The summed E-state index contributed by atoms with van der Waals surface area (Å²) in [5, 5.41) is 8.04. The molecule has 2 aromatic rings. The fourth-order valence-corrected chi connectivity index (χ4v) is 2.43. The van der Waals surface area contributed by atoms with E-state index in [0.717, 1.165) is 12.8 Å². The second-order valence-corrected chi connectivity index (χ2v) is 6.51. The van der Waals surface area contributed by atoms with Crippen LogP contribution in [0.5, 0.6) is 5.88 Å². The van der Waals surface area contributed by atoms with Gasteiger partial charge in [0.05, 0.1) is 0 Å². The van der Waals surface area contributed by atoms with E-state index in [1.54, 1.807) is 18.2 Å². The number of aromatic nitrogens is 1. The van der Waals surface area contributed by atoms with E-state index in [4.69, 9.17) is 4.74 Å². The molecular weight excluding hydrogens is 389 g/mol. The van der Waals surface area contributed by atoms with Gasteiger partial charge in [-0.25, -0.2) is 9.78 Å². The SMILES string of the molecule is O=C(Nc1cccc(C(=O)NCc2cccnc2OCC(F)(F)F)c1)NC1CC1. The van der Waals surface area contributed by atoms with Crippen LogP contribution in [0, 0.1) is 0 Å². The number of amides is 3. The molecule has 0 bridgehead atoms. The number of ether oxygens (including phenoxy) is 1.